The van der Waals surface area contributed by atoms with E-state index in [9.17, 15) is 4.79 Å². The Kier molecular flexibility index (Phi) is 3.12. The van der Waals surface area contributed by atoms with Crippen LogP contribution in [0.3, 0.4) is 0 Å². The van der Waals surface area contributed by atoms with E-state index in [1.807, 2.05) is 11.8 Å². The minimum absolute atomic E-state index is 0.318. The summed E-state index contributed by atoms with van der Waals surface area (Å²) in [5.74, 6) is 0.218. The number of hydrogen-bond donors (Lipinski definition) is 2. The molecule has 0 bridgehead atoms. The molecule has 1 aromatic rings. The Morgan fingerprint density at radius 2 is 2.47 bits per heavy atom. The summed E-state index contributed by atoms with van der Waals surface area (Å²) in [4.78, 5) is 17.1. The van der Waals surface area contributed by atoms with Crippen molar-refractivity contribution >= 4 is 5.97 Å². The molecule has 0 radical (unpaired) electrons. The van der Waals surface area contributed by atoms with Gasteiger partial charge in [-0.15, -0.1) is 0 Å². The number of hydrogen-bond acceptors (Lipinski definition) is 6. The third-order valence-corrected chi connectivity index (χ3v) is 2.98. The molecule has 1 aliphatic heterocycles. The number of carboxylic acids is 1. The van der Waals surface area contributed by atoms with Crippen LogP contribution in [0.1, 0.15) is 25.1 Å². The van der Waals surface area contributed by atoms with Gasteiger partial charge in [0.1, 0.15) is 5.54 Å². The first-order chi connectivity index (χ1) is 8.03. The molecule has 17 heavy (non-hydrogen) atoms. The lowest BCUT2D eigenvalue weighted by molar-refractivity contribution is -0.142. The molecule has 0 aliphatic carbocycles. The van der Waals surface area contributed by atoms with Crippen molar-refractivity contribution in [2.24, 2.45) is 5.73 Å². The lowest BCUT2D eigenvalue weighted by Gasteiger charge is -2.18. The highest BCUT2D eigenvalue weighted by atomic mass is 16.5. The zero-order valence-electron chi connectivity index (χ0n) is 9.72. The van der Waals surface area contributed by atoms with Crippen molar-refractivity contribution in [1.82, 2.24) is 15.0 Å². The van der Waals surface area contributed by atoms with Gasteiger partial charge in [-0.2, -0.15) is 4.98 Å². The minimum atomic E-state index is -1.14. The molecule has 0 aromatic carbocycles. The summed E-state index contributed by atoms with van der Waals surface area (Å²) in [6.07, 6.45) is 1.14. The van der Waals surface area contributed by atoms with Gasteiger partial charge in [0.2, 0.25) is 5.89 Å². The fraction of sp³-hybridized carbons (Fsp3) is 0.700. The molecular formula is C10H16N4O3. The molecule has 1 atom stereocenters. The Morgan fingerprint density at radius 1 is 1.71 bits per heavy atom. The summed E-state index contributed by atoms with van der Waals surface area (Å²) in [6, 6.07) is 0. The molecule has 7 nitrogen and oxygen atoms in total. The third kappa shape index (κ3) is 2.45. The van der Waals surface area contributed by atoms with Crippen LogP contribution in [0, 0.1) is 0 Å². The first kappa shape index (κ1) is 12.0. The van der Waals surface area contributed by atoms with E-state index in [-0.39, 0.29) is 0 Å². The van der Waals surface area contributed by atoms with Gasteiger partial charge in [-0.3, -0.25) is 9.69 Å². The number of aliphatic carboxylic acids is 1. The average Bonchev–Trinajstić information content (AvgIpc) is 2.87. The van der Waals surface area contributed by atoms with Crippen molar-refractivity contribution in [2.75, 3.05) is 13.1 Å². The number of aromatic nitrogens is 2. The number of carboxylic acid groups (broad SMARTS) is 1. The van der Waals surface area contributed by atoms with Crippen LogP contribution >= 0.6 is 0 Å². The van der Waals surface area contributed by atoms with Crippen molar-refractivity contribution in [3.63, 3.8) is 0 Å². The topological polar surface area (TPSA) is 105 Å². The summed E-state index contributed by atoms with van der Waals surface area (Å²) in [5, 5.41) is 12.8. The highest BCUT2D eigenvalue weighted by Crippen LogP contribution is 2.20. The SMILES string of the molecule is CCc1nc(CN2CCC(N)(C(=O)O)C2)no1. The lowest BCUT2D eigenvalue weighted by atomic mass is 10.0. The molecule has 3 N–H and O–H groups in total. The zero-order valence-corrected chi connectivity index (χ0v) is 9.72. The number of aryl methyl sites for hydroxylation is 1. The third-order valence-electron chi connectivity index (χ3n) is 2.98. The summed E-state index contributed by atoms with van der Waals surface area (Å²) in [5.41, 5.74) is 4.63. The van der Waals surface area contributed by atoms with E-state index < -0.39 is 11.5 Å². The van der Waals surface area contributed by atoms with E-state index in [4.69, 9.17) is 15.4 Å². The van der Waals surface area contributed by atoms with E-state index >= 15 is 0 Å². The number of nitrogens with zero attached hydrogens (tertiary/aromatic N) is 3. The van der Waals surface area contributed by atoms with E-state index in [1.165, 1.54) is 0 Å². The monoisotopic (exact) mass is 240 g/mol. The molecule has 0 amide bonds. The normalized spacial score (nSPS) is 25.3. The van der Waals surface area contributed by atoms with Gasteiger partial charge in [0.05, 0.1) is 6.54 Å². The fourth-order valence-corrected chi connectivity index (χ4v) is 1.92. The van der Waals surface area contributed by atoms with E-state index in [0.29, 0.717) is 44.2 Å². The fourth-order valence-electron chi connectivity index (χ4n) is 1.92. The maximum atomic E-state index is 11.0. The van der Waals surface area contributed by atoms with Gasteiger partial charge >= 0.3 is 5.97 Å². The standard InChI is InChI=1S/C10H16N4O3/c1-2-8-12-7(13-17-8)5-14-4-3-10(11,6-14)9(15)16/h2-6,11H2,1H3,(H,15,16). The first-order valence-electron chi connectivity index (χ1n) is 5.59. The predicted molar refractivity (Wildman–Crippen MR) is 58.1 cm³/mol. The van der Waals surface area contributed by atoms with Gasteiger partial charge in [0, 0.05) is 19.5 Å². The molecule has 1 fully saturated rings. The van der Waals surface area contributed by atoms with Crippen LogP contribution in [-0.2, 0) is 17.8 Å². The number of likely N-dealkylation sites (tertiary alicyclic amines) is 1. The average molecular weight is 240 g/mol. The van der Waals surface area contributed by atoms with Crippen molar-refractivity contribution in [3.8, 4) is 0 Å². The second kappa shape index (κ2) is 4.42. The van der Waals surface area contributed by atoms with E-state index in [0.717, 1.165) is 0 Å². The molecular weight excluding hydrogens is 224 g/mol. The molecule has 7 heteroatoms. The van der Waals surface area contributed by atoms with Crippen LogP contribution in [0.25, 0.3) is 0 Å². The molecule has 94 valence electrons. The van der Waals surface area contributed by atoms with Gasteiger partial charge in [-0.1, -0.05) is 12.1 Å². The number of carbonyl (C=O) groups is 1. The van der Waals surface area contributed by atoms with Gasteiger partial charge < -0.3 is 15.4 Å². The summed E-state index contributed by atoms with van der Waals surface area (Å²) in [7, 11) is 0. The van der Waals surface area contributed by atoms with Gasteiger partial charge in [0.15, 0.2) is 5.82 Å². The smallest absolute Gasteiger partial charge is 0.325 e. The van der Waals surface area contributed by atoms with Crippen molar-refractivity contribution in [1.29, 1.82) is 0 Å². The first-order valence-corrected chi connectivity index (χ1v) is 5.59. The Labute approximate surface area is 98.6 Å². The number of rotatable bonds is 4. The van der Waals surface area contributed by atoms with Gasteiger partial charge in [-0.25, -0.2) is 0 Å². The van der Waals surface area contributed by atoms with Crippen molar-refractivity contribution < 1.29 is 14.4 Å². The second-order valence-corrected chi connectivity index (χ2v) is 4.38. The Hall–Kier alpha value is -1.47. The van der Waals surface area contributed by atoms with E-state index in [2.05, 4.69) is 10.1 Å². The van der Waals surface area contributed by atoms with Gasteiger partial charge in [-0.05, 0) is 6.42 Å². The Balaban J connectivity index is 1.96. The van der Waals surface area contributed by atoms with Crippen LogP contribution in [0.5, 0.6) is 0 Å². The second-order valence-electron chi connectivity index (χ2n) is 4.38. The lowest BCUT2D eigenvalue weighted by Crippen LogP contribution is -2.50. The summed E-state index contributed by atoms with van der Waals surface area (Å²) >= 11 is 0. The zero-order chi connectivity index (χ0) is 12.5. The predicted octanol–water partition coefficient (Wildman–Crippen LogP) is -0.380. The summed E-state index contributed by atoms with van der Waals surface area (Å²) in [6.45, 7) is 3.37. The molecule has 1 unspecified atom stereocenters. The molecule has 1 saturated heterocycles. The number of nitrogens with two attached hydrogens (primary N) is 1. The van der Waals surface area contributed by atoms with Crippen LogP contribution < -0.4 is 5.73 Å². The van der Waals surface area contributed by atoms with Crippen molar-refractivity contribution in [2.45, 2.75) is 31.8 Å². The summed E-state index contributed by atoms with van der Waals surface area (Å²) < 4.78 is 4.99. The largest absolute Gasteiger partial charge is 0.480 e. The molecule has 1 aliphatic rings. The van der Waals surface area contributed by atoms with Crippen LogP contribution in [0.2, 0.25) is 0 Å². The van der Waals surface area contributed by atoms with Crippen LogP contribution in [0.15, 0.2) is 4.52 Å². The molecule has 2 rings (SSSR count). The highest BCUT2D eigenvalue weighted by molar-refractivity contribution is 5.79. The molecule has 1 aromatic heterocycles. The van der Waals surface area contributed by atoms with E-state index in [1.54, 1.807) is 0 Å². The van der Waals surface area contributed by atoms with Crippen LogP contribution in [0.4, 0.5) is 0 Å². The molecule has 0 spiro atoms. The van der Waals surface area contributed by atoms with Gasteiger partial charge in [0.25, 0.3) is 0 Å². The maximum Gasteiger partial charge on any atom is 0.325 e. The minimum Gasteiger partial charge on any atom is -0.480 e. The molecule has 2 heterocycles. The maximum absolute atomic E-state index is 11.0. The quantitative estimate of drug-likeness (QED) is 0.738. The molecule has 0 saturated carbocycles. The Morgan fingerprint density at radius 3 is 3.00 bits per heavy atom. The van der Waals surface area contributed by atoms with Crippen LogP contribution in [-0.4, -0.2) is 44.7 Å². The van der Waals surface area contributed by atoms with Crippen molar-refractivity contribution in [3.05, 3.63) is 11.7 Å². The Bertz CT molecular complexity index is 419. The highest BCUT2D eigenvalue weighted by Gasteiger charge is 2.41.